The Morgan fingerprint density at radius 1 is 1.32 bits per heavy atom. The summed E-state index contributed by atoms with van der Waals surface area (Å²) in [5.74, 6) is 1.18. The van der Waals surface area contributed by atoms with Gasteiger partial charge in [0.05, 0.1) is 12.4 Å². The van der Waals surface area contributed by atoms with E-state index < -0.39 is 11.7 Å². The van der Waals surface area contributed by atoms with Crippen LogP contribution < -0.4 is 16.2 Å². The summed E-state index contributed by atoms with van der Waals surface area (Å²) < 4.78 is 18.9. The van der Waals surface area contributed by atoms with E-state index >= 15 is 0 Å². The monoisotopic (exact) mass is 387 g/mol. The van der Waals surface area contributed by atoms with E-state index in [2.05, 4.69) is 11.5 Å². The number of benzene rings is 1. The number of primary amides is 1. The second-order valence-electron chi connectivity index (χ2n) is 7.11. The van der Waals surface area contributed by atoms with Crippen LogP contribution in [0.25, 0.3) is 0 Å². The molecular weight excluding hydrogens is 357 g/mol. The van der Waals surface area contributed by atoms with Gasteiger partial charge in [-0.3, -0.25) is 4.79 Å². The van der Waals surface area contributed by atoms with Gasteiger partial charge in [0.2, 0.25) is 5.91 Å². The number of ether oxygens (including phenoxy) is 1. The zero-order valence-electron chi connectivity index (χ0n) is 16.5. The second kappa shape index (κ2) is 10.5. The Morgan fingerprint density at radius 2 is 2.04 bits per heavy atom. The third-order valence-electron chi connectivity index (χ3n) is 5.08. The number of nitrogens with two attached hydrogens (primary N) is 2. The minimum atomic E-state index is -0.423. The van der Waals surface area contributed by atoms with Crippen LogP contribution in [0.15, 0.2) is 54.7 Å². The minimum absolute atomic E-state index is 0.391. The standard InChI is InChI=1S/C22H30FN3O2/c1-3-18(23)6-9-21(24)26-12-10-17(11-13-26)5-4-14-28-19-7-8-20(22(25)27)16(2)15-19/h3,6-9,15,17H,1,4-5,10-14,24H2,2H3,(H2,25,27)/b18-6+,21-9+. The molecule has 0 atom stereocenters. The van der Waals surface area contributed by atoms with Crippen LogP contribution in [-0.2, 0) is 0 Å². The van der Waals surface area contributed by atoms with E-state index in [4.69, 9.17) is 16.2 Å². The molecule has 0 unspecified atom stereocenters. The zero-order chi connectivity index (χ0) is 20.5. The summed E-state index contributed by atoms with van der Waals surface area (Å²) in [4.78, 5) is 13.3. The predicted octanol–water partition coefficient (Wildman–Crippen LogP) is 3.80. The van der Waals surface area contributed by atoms with Crippen LogP contribution in [-0.4, -0.2) is 30.5 Å². The molecule has 1 aromatic rings. The van der Waals surface area contributed by atoms with Gasteiger partial charge in [-0.05, 0) is 80.5 Å². The van der Waals surface area contributed by atoms with Crippen molar-refractivity contribution in [1.29, 1.82) is 0 Å². The SMILES string of the molecule is C=C/C(F)=C\C=C(/N)N1CCC(CCCOc2ccc(C(N)=O)c(C)c2)CC1. The van der Waals surface area contributed by atoms with Gasteiger partial charge in [0.1, 0.15) is 11.6 Å². The topological polar surface area (TPSA) is 81.6 Å². The average Bonchev–Trinajstić information content (AvgIpc) is 2.69. The Bertz CT molecular complexity index is 750. The molecule has 28 heavy (non-hydrogen) atoms. The number of rotatable bonds is 9. The fourth-order valence-electron chi connectivity index (χ4n) is 3.38. The number of halogens is 1. The maximum Gasteiger partial charge on any atom is 0.248 e. The first-order valence-electron chi connectivity index (χ1n) is 9.64. The Kier molecular flexibility index (Phi) is 8.11. The number of amides is 1. The summed E-state index contributed by atoms with van der Waals surface area (Å²) >= 11 is 0. The molecule has 1 saturated heterocycles. The van der Waals surface area contributed by atoms with Crippen LogP contribution in [0.3, 0.4) is 0 Å². The highest BCUT2D eigenvalue weighted by Crippen LogP contribution is 2.24. The molecule has 0 bridgehead atoms. The van der Waals surface area contributed by atoms with Crippen molar-refractivity contribution in [3.05, 3.63) is 65.8 Å². The molecule has 1 amide bonds. The summed E-state index contributed by atoms with van der Waals surface area (Å²) in [7, 11) is 0. The van der Waals surface area contributed by atoms with Crippen molar-refractivity contribution in [2.24, 2.45) is 17.4 Å². The van der Waals surface area contributed by atoms with Gasteiger partial charge in [-0.25, -0.2) is 4.39 Å². The molecule has 2 rings (SSSR count). The van der Waals surface area contributed by atoms with Crippen molar-refractivity contribution in [1.82, 2.24) is 4.90 Å². The fraction of sp³-hybridized carbons (Fsp3) is 0.409. The molecule has 0 radical (unpaired) electrons. The number of hydrogen-bond acceptors (Lipinski definition) is 4. The minimum Gasteiger partial charge on any atom is -0.494 e. The number of piperidine rings is 1. The smallest absolute Gasteiger partial charge is 0.248 e. The van der Waals surface area contributed by atoms with E-state index in [0.717, 1.165) is 56.2 Å². The Labute approximate surface area is 166 Å². The van der Waals surface area contributed by atoms with Gasteiger partial charge in [-0.2, -0.15) is 0 Å². The lowest BCUT2D eigenvalue weighted by Crippen LogP contribution is -2.36. The number of nitrogens with zero attached hydrogens (tertiary/aromatic N) is 1. The van der Waals surface area contributed by atoms with Crippen LogP contribution in [0, 0.1) is 12.8 Å². The van der Waals surface area contributed by atoms with Gasteiger partial charge >= 0.3 is 0 Å². The molecule has 5 nitrogen and oxygen atoms in total. The molecule has 0 saturated carbocycles. The lowest BCUT2D eigenvalue weighted by molar-refractivity contribution is 0.0999. The number of hydrogen-bond donors (Lipinski definition) is 2. The van der Waals surface area contributed by atoms with Gasteiger partial charge in [-0.1, -0.05) is 6.58 Å². The Hall–Kier alpha value is -2.76. The summed E-state index contributed by atoms with van der Waals surface area (Å²) in [6.07, 6.45) is 8.29. The molecule has 1 heterocycles. The quantitative estimate of drug-likeness (QED) is 0.499. The first-order chi connectivity index (χ1) is 13.4. The molecule has 152 valence electrons. The summed E-state index contributed by atoms with van der Waals surface area (Å²) in [6.45, 7) is 7.63. The average molecular weight is 387 g/mol. The van der Waals surface area contributed by atoms with E-state index in [-0.39, 0.29) is 0 Å². The number of likely N-dealkylation sites (tertiary alicyclic amines) is 1. The van der Waals surface area contributed by atoms with E-state index in [1.165, 1.54) is 6.08 Å². The van der Waals surface area contributed by atoms with Crippen LogP contribution in [0.2, 0.25) is 0 Å². The highest BCUT2D eigenvalue weighted by molar-refractivity contribution is 5.94. The summed E-state index contributed by atoms with van der Waals surface area (Å²) in [6, 6.07) is 5.33. The Morgan fingerprint density at radius 3 is 2.64 bits per heavy atom. The molecular formula is C22H30FN3O2. The number of aryl methyl sites for hydroxylation is 1. The molecule has 1 aliphatic rings. The van der Waals surface area contributed by atoms with E-state index in [1.54, 1.807) is 18.2 Å². The van der Waals surface area contributed by atoms with E-state index in [9.17, 15) is 9.18 Å². The van der Waals surface area contributed by atoms with Gasteiger partial charge in [0.25, 0.3) is 0 Å². The highest BCUT2D eigenvalue weighted by atomic mass is 19.1. The van der Waals surface area contributed by atoms with Crippen LogP contribution in [0.1, 0.15) is 41.6 Å². The molecule has 1 fully saturated rings. The lowest BCUT2D eigenvalue weighted by atomic mass is 9.92. The van der Waals surface area contributed by atoms with Crippen molar-refractivity contribution in [3.63, 3.8) is 0 Å². The highest BCUT2D eigenvalue weighted by Gasteiger charge is 2.19. The van der Waals surface area contributed by atoms with Gasteiger partial charge < -0.3 is 21.1 Å². The Balaban J connectivity index is 1.70. The van der Waals surface area contributed by atoms with Gasteiger partial charge in [0.15, 0.2) is 0 Å². The van der Waals surface area contributed by atoms with Crippen molar-refractivity contribution >= 4 is 5.91 Å². The predicted molar refractivity (Wildman–Crippen MR) is 110 cm³/mol. The first-order valence-corrected chi connectivity index (χ1v) is 9.64. The van der Waals surface area contributed by atoms with E-state index in [0.29, 0.717) is 23.9 Å². The molecule has 0 spiro atoms. The summed E-state index contributed by atoms with van der Waals surface area (Å²) in [5, 5.41) is 0. The second-order valence-corrected chi connectivity index (χ2v) is 7.11. The molecule has 0 aliphatic carbocycles. The molecule has 1 aromatic carbocycles. The van der Waals surface area contributed by atoms with Crippen molar-refractivity contribution < 1.29 is 13.9 Å². The molecule has 6 heteroatoms. The normalized spacial score (nSPS) is 16.1. The largest absolute Gasteiger partial charge is 0.494 e. The fourth-order valence-corrected chi connectivity index (χ4v) is 3.38. The number of carbonyl (C=O) groups excluding carboxylic acids is 1. The molecule has 0 aromatic heterocycles. The molecule has 4 N–H and O–H groups in total. The lowest BCUT2D eigenvalue weighted by Gasteiger charge is -2.33. The van der Waals surface area contributed by atoms with Crippen LogP contribution in [0.5, 0.6) is 5.75 Å². The zero-order valence-corrected chi connectivity index (χ0v) is 16.5. The van der Waals surface area contributed by atoms with Crippen molar-refractivity contribution in [2.75, 3.05) is 19.7 Å². The van der Waals surface area contributed by atoms with Crippen molar-refractivity contribution in [2.45, 2.75) is 32.6 Å². The maximum atomic E-state index is 13.1. The summed E-state index contributed by atoms with van der Waals surface area (Å²) in [5.41, 5.74) is 12.7. The van der Waals surface area contributed by atoms with Gasteiger partial charge in [0, 0.05) is 18.7 Å². The van der Waals surface area contributed by atoms with Crippen LogP contribution in [0.4, 0.5) is 4.39 Å². The van der Waals surface area contributed by atoms with Crippen LogP contribution >= 0.6 is 0 Å². The molecule has 1 aliphatic heterocycles. The number of carbonyl (C=O) groups is 1. The van der Waals surface area contributed by atoms with Crippen molar-refractivity contribution in [3.8, 4) is 5.75 Å². The third kappa shape index (κ3) is 6.44. The van der Waals surface area contributed by atoms with Gasteiger partial charge in [-0.15, -0.1) is 0 Å². The maximum absolute atomic E-state index is 13.1. The number of allylic oxidation sites excluding steroid dienone is 4. The third-order valence-corrected chi connectivity index (χ3v) is 5.08. The first kappa shape index (κ1) is 21.5. The van der Waals surface area contributed by atoms with E-state index in [1.807, 2.05) is 13.0 Å².